The second kappa shape index (κ2) is 9.85. The maximum Gasteiger partial charge on any atom is 0.331 e. The summed E-state index contributed by atoms with van der Waals surface area (Å²) < 4.78 is 10.2. The average Bonchev–Trinajstić information content (AvgIpc) is 2.63. The van der Waals surface area contributed by atoms with Crippen molar-refractivity contribution < 1.29 is 19.1 Å². The number of hydrogen-bond donors (Lipinski definition) is 1. The molecular formula is C19H17Cl2NO4. The Kier molecular flexibility index (Phi) is 7.51. The fourth-order valence-corrected chi connectivity index (χ4v) is 2.31. The molecule has 0 fully saturated rings. The smallest absolute Gasteiger partial charge is 0.331 e. The van der Waals surface area contributed by atoms with E-state index in [1.165, 1.54) is 12.1 Å². The second-order valence-electron chi connectivity index (χ2n) is 5.12. The van der Waals surface area contributed by atoms with Crippen LogP contribution in [0.1, 0.15) is 12.5 Å². The van der Waals surface area contributed by atoms with E-state index in [2.05, 4.69) is 5.32 Å². The Balaban J connectivity index is 1.82. The highest BCUT2D eigenvalue weighted by molar-refractivity contribution is 6.35. The molecule has 0 radical (unpaired) electrons. The number of nitrogens with one attached hydrogen (secondary N) is 1. The van der Waals surface area contributed by atoms with Gasteiger partial charge in [0.15, 0.2) is 6.61 Å². The molecule has 2 aromatic rings. The van der Waals surface area contributed by atoms with E-state index in [0.29, 0.717) is 22.3 Å². The summed E-state index contributed by atoms with van der Waals surface area (Å²) in [6.07, 6.45) is 2.83. The topological polar surface area (TPSA) is 64.6 Å². The van der Waals surface area contributed by atoms with Gasteiger partial charge in [0.05, 0.1) is 17.3 Å². The van der Waals surface area contributed by atoms with E-state index in [-0.39, 0.29) is 0 Å². The maximum absolute atomic E-state index is 11.8. The molecule has 26 heavy (non-hydrogen) atoms. The molecule has 0 bridgehead atoms. The molecule has 0 atom stereocenters. The third kappa shape index (κ3) is 6.43. The molecule has 0 aliphatic heterocycles. The number of carbonyl (C=O) groups is 2. The summed E-state index contributed by atoms with van der Waals surface area (Å²) in [7, 11) is 0. The van der Waals surface area contributed by atoms with Crippen LogP contribution in [0, 0.1) is 0 Å². The van der Waals surface area contributed by atoms with Crippen LogP contribution in [-0.2, 0) is 14.3 Å². The molecule has 2 rings (SSSR count). The van der Waals surface area contributed by atoms with Crippen molar-refractivity contribution in [2.45, 2.75) is 6.92 Å². The number of amides is 1. The van der Waals surface area contributed by atoms with Gasteiger partial charge in [-0.25, -0.2) is 4.79 Å². The Morgan fingerprint density at radius 2 is 1.85 bits per heavy atom. The number of carbonyl (C=O) groups excluding carboxylic acids is 2. The van der Waals surface area contributed by atoms with Crippen LogP contribution in [0.4, 0.5) is 5.69 Å². The number of ether oxygens (including phenoxy) is 2. The number of esters is 1. The molecule has 0 heterocycles. The lowest BCUT2D eigenvalue weighted by Gasteiger charge is -2.07. The Morgan fingerprint density at radius 3 is 2.54 bits per heavy atom. The van der Waals surface area contributed by atoms with Gasteiger partial charge in [0.2, 0.25) is 0 Å². The third-order valence-electron chi connectivity index (χ3n) is 3.15. The van der Waals surface area contributed by atoms with Crippen LogP contribution < -0.4 is 10.1 Å². The van der Waals surface area contributed by atoms with Crippen LogP contribution in [0.25, 0.3) is 6.08 Å². The zero-order valence-electron chi connectivity index (χ0n) is 14.0. The molecule has 0 saturated heterocycles. The van der Waals surface area contributed by atoms with Gasteiger partial charge >= 0.3 is 5.97 Å². The van der Waals surface area contributed by atoms with Crippen LogP contribution in [0.5, 0.6) is 5.75 Å². The second-order valence-corrected chi connectivity index (χ2v) is 5.96. The molecule has 0 spiro atoms. The van der Waals surface area contributed by atoms with E-state index in [1.54, 1.807) is 30.3 Å². The van der Waals surface area contributed by atoms with Gasteiger partial charge in [0, 0.05) is 11.1 Å². The molecule has 1 amide bonds. The lowest BCUT2D eigenvalue weighted by atomic mass is 10.2. The molecular weight excluding hydrogens is 377 g/mol. The predicted molar refractivity (Wildman–Crippen MR) is 103 cm³/mol. The van der Waals surface area contributed by atoms with E-state index in [1.807, 2.05) is 19.1 Å². The van der Waals surface area contributed by atoms with Crippen LogP contribution in [-0.4, -0.2) is 25.1 Å². The number of rotatable bonds is 7. The van der Waals surface area contributed by atoms with Gasteiger partial charge in [-0.15, -0.1) is 0 Å². The highest BCUT2D eigenvalue weighted by Gasteiger charge is 2.08. The minimum atomic E-state index is -0.633. The Bertz CT molecular complexity index is 804. The fraction of sp³-hybridized carbons (Fsp3) is 0.158. The zero-order valence-corrected chi connectivity index (χ0v) is 15.5. The van der Waals surface area contributed by atoms with Crippen LogP contribution in [0.3, 0.4) is 0 Å². The van der Waals surface area contributed by atoms with Gasteiger partial charge in [-0.05, 0) is 48.9 Å². The Hall–Kier alpha value is -2.50. The number of benzene rings is 2. The Morgan fingerprint density at radius 1 is 1.12 bits per heavy atom. The third-order valence-corrected chi connectivity index (χ3v) is 3.72. The predicted octanol–water partition coefficient (Wildman–Crippen LogP) is 4.59. The molecule has 0 unspecified atom stereocenters. The Labute approximate surface area is 161 Å². The average molecular weight is 394 g/mol. The van der Waals surface area contributed by atoms with E-state index in [4.69, 9.17) is 32.7 Å². The van der Waals surface area contributed by atoms with Crippen molar-refractivity contribution in [1.29, 1.82) is 0 Å². The van der Waals surface area contributed by atoms with Crippen LogP contribution in [0.2, 0.25) is 10.0 Å². The monoisotopic (exact) mass is 393 g/mol. The molecule has 2 aromatic carbocycles. The van der Waals surface area contributed by atoms with E-state index in [9.17, 15) is 9.59 Å². The highest BCUT2D eigenvalue weighted by Crippen LogP contribution is 2.25. The lowest BCUT2D eigenvalue weighted by Crippen LogP contribution is -2.20. The molecule has 0 aliphatic rings. The van der Waals surface area contributed by atoms with Gasteiger partial charge in [-0.1, -0.05) is 35.3 Å². The quantitative estimate of drug-likeness (QED) is 0.551. The van der Waals surface area contributed by atoms with E-state index < -0.39 is 18.5 Å². The minimum Gasteiger partial charge on any atom is -0.494 e. The summed E-state index contributed by atoms with van der Waals surface area (Å²) in [6, 6.07) is 11.9. The number of halogens is 2. The normalized spacial score (nSPS) is 10.6. The first kappa shape index (κ1) is 19.8. The highest BCUT2D eigenvalue weighted by atomic mass is 35.5. The summed E-state index contributed by atoms with van der Waals surface area (Å²) in [5.41, 5.74) is 1.16. The van der Waals surface area contributed by atoms with Crippen molar-refractivity contribution >= 4 is 46.8 Å². The first-order chi connectivity index (χ1) is 12.5. The largest absolute Gasteiger partial charge is 0.494 e. The summed E-state index contributed by atoms with van der Waals surface area (Å²) >= 11 is 11.8. The van der Waals surface area contributed by atoms with Crippen molar-refractivity contribution in [3.8, 4) is 5.75 Å². The lowest BCUT2D eigenvalue weighted by molar-refractivity contribution is -0.142. The van der Waals surface area contributed by atoms with Crippen molar-refractivity contribution in [2.24, 2.45) is 0 Å². The van der Waals surface area contributed by atoms with Crippen LogP contribution >= 0.6 is 23.2 Å². The first-order valence-electron chi connectivity index (χ1n) is 7.80. The van der Waals surface area contributed by atoms with Gasteiger partial charge < -0.3 is 14.8 Å². The molecule has 5 nitrogen and oxygen atoms in total. The summed E-state index contributed by atoms with van der Waals surface area (Å²) in [5.74, 6) is -0.396. The van der Waals surface area contributed by atoms with Gasteiger partial charge in [0.1, 0.15) is 5.75 Å². The van der Waals surface area contributed by atoms with Gasteiger partial charge in [-0.3, -0.25) is 4.79 Å². The summed E-state index contributed by atoms with van der Waals surface area (Å²) in [6.45, 7) is 2.06. The maximum atomic E-state index is 11.8. The minimum absolute atomic E-state index is 0.337. The van der Waals surface area contributed by atoms with Gasteiger partial charge in [0.25, 0.3) is 5.91 Å². The van der Waals surface area contributed by atoms with Crippen molar-refractivity contribution in [3.05, 3.63) is 64.1 Å². The van der Waals surface area contributed by atoms with Crippen molar-refractivity contribution in [2.75, 3.05) is 18.5 Å². The molecule has 1 N–H and O–H groups in total. The molecule has 0 aromatic heterocycles. The summed E-state index contributed by atoms with van der Waals surface area (Å²) in [5, 5.41) is 3.30. The van der Waals surface area contributed by atoms with Gasteiger partial charge in [-0.2, -0.15) is 0 Å². The van der Waals surface area contributed by atoms with Crippen molar-refractivity contribution in [3.63, 3.8) is 0 Å². The van der Waals surface area contributed by atoms with E-state index in [0.717, 1.165) is 11.3 Å². The molecule has 0 saturated carbocycles. The molecule has 136 valence electrons. The molecule has 0 aliphatic carbocycles. The summed E-state index contributed by atoms with van der Waals surface area (Å²) in [4.78, 5) is 23.5. The first-order valence-corrected chi connectivity index (χ1v) is 8.56. The fourth-order valence-electron chi connectivity index (χ4n) is 1.97. The van der Waals surface area contributed by atoms with E-state index >= 15 is 0 Å². The SMILES string of the molecule is CCOc1ccc(/C=C/C(=O)OCC(=O)Nc2cc(Cl)ccc2Cl)cc1. The number of hydrogen-bond acceptors (Lipinski definition) is 4. The standard InChI is InChI=1S/C19H17Cl2NO4/c1-2-25-15-7-3-13(4-8-15)5-10-19(24)26-12-18(23)22-17-11-14(20)6-9-16(17)21/h3-11H,2,12H2,1H3,(H,22,23)/b10-5+. The number of anilines is 1. The van der Waals surface area contributed by atoms with Crippen LogP contribution in [0.15, 0.2) is 48.5 Å². The van der Waals surface area contributed by atoms with Crippen molar-refractivity contribution in [1.82, 2.24) is 0 Å². The molecule has 7 heteroatoms. The zero-order chi connectivity index (χ0) is 18.9.